The normalized spacial score (nSPS) is 11.8. The van der Waals surface area contributed by atoms with E-state index >= 15 is 0 Å². The van der Waals surface area contributed by atoms with Crippen molar-refractivity contribution in [3.8, 4) is 33.4 Å². The van der Waals surface area contributed by atoms with Crippen molar-refractivity contribution in [3.05, 3.63) is 145 Å². The van der Waals surface area contributed by atoms with E-state index in [4.69, 9.17) is 0 Å². The summed E-state index contributed by atoms with van der Waals surface area (Å²) in [5, 5.41) is 11.5. The molecule has 0 atom stereocenters. The molecule has 9 rings (SSSR count). The van der Waals surface area contributed by atoms with E-state index in [1.54, 1.807) is 0 Å². The summed E-state index contributed by atoms with van der Waals surface area (Å²) >= 11 is 3.82. The average Bonchev–Trinajstić information content (AvgIpc) is 3.66. The third-order valence-electron chi connectivity index (χ3n) is 8.55. The molecule has 196 valence electrons. The second-order valence-corrected chi connectivity index (χ2v) is 12.7. The van der Waals surface area contributed by atoms with Crippen molar-refractivity contribution in [1.29, 1.82) is 0 Å². The molecule has 0 fully saturated rings. The van der Waals surface area contributed by atoms with Gasteiger partial charge in [0.25, 0.3) is 0 Å². The predicted octanol–water partition coefficient (Wildman–Crippen LogP) is 12.6. The molecule has 2 heterocycles. The van der Waals surface area contributed by atoms with Crippen LogP contribution in [0.3, 0.4) is 0 Å². The van der Waals surface area contributed by atoms with Gasteiger partial charge < -0.3 is 0 Å². The Morgan fingerprint density at radius 1 is 0.310 bits per heavy atom. The van der Waals surface area contributed by atoms with E-state index in [1.807, 2.05) is 22.7 Å². The maximum absolute atomic E-state index is 2.34. The average molecular weight is 569 g/mol. The van der Waals surface area contributed by atoms with E-state index in [0.717, 1.165) is 0 Å². The van der Waals surface area contributed by atoms with Crippen molar-refractivity contribution in [2.45, 2.75) is 0 Å². The van der Waals surface area contributed by atoms with Crippen molar-refractivity contribution in [2.24, 2.45) is 0 Å². The van der Waals surface area contributed by atoms with Crippen LogP contribution in [0.1, 0.15) is 0 Å². The molecule has 2 heteroatoms. The van der Waals surface area contributed by atoms with Crippen LogP contribution < -0.4 is 0 Å². The van der Waals surface area contributed by atoms with E-state index in [1.165, 1.54) is 85.2 Å². The number of rotatable bonds is 3. The van der Waals surface area contributed by atoms with E-state index < -0.39 is 0 Å². The molecule has 42 heavy (non-hydrogen) atoms. The lowest BCUT2D eigenvalue weighted by molar-refractivity contribution is 1.67. The fourth-order valence-electron chi connectivity index (χ4n) is 6.72. The van der Waals surface area contributed by atoms with E-state index in [9.17, 15) is 0 Å². The molecule has 9 aromatic rings. The Morgan fingerprint density at radius 2 is 0.833 bits per heavy atom. The van der Waals surface area contributed by atoms with Gasteiger partial charge in [-0.15, -0.1) is 22.7 Å². The van der Waals surface area contributed by atoms with Crippen LogP contribution in [0.25, 0.3) is 85.2 Å². The highest BCUT2D eigenvalue weighted by Crippen LogP contribution is 2.50. The van der Waals surface area contributed by atoms with Crippen LogP contribution in [0, 0.1) is 0 Å². The van der Waals surface area contributed by atoms with E-state index in [0.29, 0.717) is 0 Å². The standard InChI is InChI=1S/C40H24S2/c1-3-12-25(13-4-1)35-24-41-39-33(35)23-22-32-31-20-11-21-34(38(31)42-40(32)39)37-29-18-9-7-16-27(29)36(26-14-5-2-6-15-26)28-17-8-10-19-30(28)37/h1-24H. The van der Waals surface area contributed by atoms with Gasteiger partial charge in [-0.1, -0.05) is 140 Å². The summed E-state index contributed by atoms with van der Waals surface area (Å²) in [5.74, 6) is 0. The lowest BCUT2D eigenvalue weighted by Gasteiger charge is -2.18. The Balaban J connectivity index is 1.38. The zero-order valence-corrected chi connectivity index (χ0v) is 24.3. The molecule has 0 amide bonds. The number of hydrogen-bond donors (Lipinski definition) is 0. The summed E-state index contributed by atoms with van der Waals surface area (Å²) in [6.45, 7) is 0. The van der Waals surface area contributed by atoms with Gasteiger partial charge >= 0.3 is 0 Å². The van der Waals surface area contributed by atoms with Crippen LogP contribution in [-0.2, 0) is 0 Å². The molecule has 0 aliphatic carbocycles. The summed E-state index contributed by atoms with van der Waals surface area (Å²) in [6.07, 6.45) is 0. The zero-order chi connectivity index (χ0) is 27.6. The smallest absolute Gasteiger partial charge is 0.0534 e. The molecule has 0 nitrogen and oxygen atoms in total. The van der Waals surface area contributed by atoms with Gasteiger partial charge in [-0.25, -0.2) is 0 Å². The summed E-state index contributed by atoms with van der Waals surface area (Å²) in [5.41, 5.74) is 7.80. The molecule has 0 saturated heterocycles. The monoisotopic (exact) mass is 568 g/mol. The third-order valence-corrected chi connectivity index (χ3v) is 11.0. The van der Waals surface area contributed by atoms with Crippen LogP contribution >= 0.6 is 22.7 Å². The molecule has 0 bridgehead atoms. The van der Waals surface area contributed by atoms with E-state index in [-0.39, 0.29) is 0 Å². The maximum Gasteiger partial charge on any atom is 0.0534 e. The Labute approximate surface area is 251 Å². The lowest BCUT2D eigenvalue weighted by Crippen LogP contribution is -1.90. The van der Waals surface area contributed by atoms with Gasteiger partial charge in [0.2, 0.25) is 0 Å². The highest BCUT2D eigenvalue weighted by atomic mass is 32.1. The molecular formula is C40H24S2. The molecule has 7 aromatic carbocycles. The summed E-state index contributed by atoms with van der Waals surface area (Å²) < 4.78 is 4.13. The van der Waals surface area contributed by atoms with Crippen molar-refractivity contribution < 1.29 is 0 Å². The fourth-order valence-corrected chi connectivity index (χ4v) is 9.27. The number of thiophene rings is 2. The first-order valence-corrected chi connectivity index (χ1v) is 16.0. The number of benzene rings is 7. The Bertz CT molecular complexity index is 2390. The highest BCUT2D eigenvalue weighted by Gasteiger charge is 2.20. The lowest BCUT2D eigenvalue weighted by atomic mass is 9.86. The number of fused-ring (bicyclic) bond motifs is 7. The van der Waals surface area contributed by atoms with Gasteiger partial charge in [0, 0.05) is 32.0 Å². The van der Waals surface area contributed by atoms with Crippen LogP contribution in [0.4, 0.5) is 0 Å². The van der Waals surface area contributed by atoms with Crippen molar-refractivity contribution in [2.75, 3.05) is 0 Å². The molecule has 0 radical (unpaired) electrons. The minimum absolute atomic E-state index is 1.26. The highest BCUT2D eigenvalue weighted by molar-refractivity contribution is 7.31. The Hall–Kier alpha value is -4.76. The number of hydrogen-bond acceptors (Lipinski definition) is 2. The van der Waals surface area contributed by atoms with Gasteiger partial charge in [-0.05, 0) is 49.2 Å². The zero-order valence-electron chi connectivity index (χ0n) is 22.7. The molecule has 0 N–H and O–H groups in total. The quantitative estimate of drug-likeness (QED) is 0.186. The largest absolute Gasteiger partial charge is 0.142 e. The minimum Gasteiger partial charge on any atom is -0.142 e. The molecule has 2 aromatic heterocycles. The second kappa shape index (κ2) is 9.39. The second-order valence-electron chi connectivity index (χ2n) is 10.8. The first-order chi connectivity index (χ1) is 20.9. The molecular weight excluding hydrogens is 545 g/mol. The Kier molecular flexibility index (Phi) is 5.34. The summed E-state index contributed by atoms with van der Waals surface area (Å²) in [4.78, 5) is 0. The molecule has 0 aliphatic heterocycles. The van der Waals surface area contributed by atoms with Gasteiger partial charge in [-0.2, -0.15) is 0 Å². The van der Waals surface area contributed by atoms with Crippen molar-refractivity contribution in [1.82, 2.24) is 0 Å². The van der Waals surface area contributed by atoms with Gasteiger partial charge in [0.1, 0.15) is 0 Å². The minimum atomic E-state index is 1.26. The topological polar surface area (TPSA) is 0 Å². The van der Waals surface area contributed by atoms with Gasteiger partial charge in [0.15, 0.2) is 0 Å². The fraction of sp³-hybridized carbons (Fsp3) is 0. The maximum atomic E-state index is 2.34. The van der Waals surface area contributed by atoms with Gasteiger partial charge in [0.05, 0.1) is 9.40 Å². The first-order valence-electron chi connectivity index (χ1n) is 14.3. The summed E-state index contributed by atoms with van der Waals surface area (Å²) in [6, 6.07) is 51.0. The molecule has 0 aliphatic rings. The Morgan fingerprint density at radius 3 is 1.50 bits per heavy atom. The molecule has 0 spiro atoms. The third kappa shape index (κ3) is 3.46. The van der Waals surface area contributed by atoms with Crippen molar-refractivity contribution in [3.63, 3.8) is 0 Å². The first kappa shape index (κ1) is 23.9. The van der Waals surface area contributed by atoms with Crippen LogP contribution in [-0.4, -0.2) is 0 Å². The van der Waals surface area contributed by atoms with Crippen molar-refractivity contribution >= 4 is 74.5 Å². The molecule has 0 saturated carbocycles. The molecule has 0 unspecified atom stereocenters. The summed E-state index contributed by atoms with van der Waals surface area (Å²) in [7, 11) is 0. The predicted molar refractivity (Wildman–Crippen MR) is 186 cm³/mol. The SMILES string of the molecule is c1ccc(-c2c3ccccc3c(-c3cccc4c3sc3c4ccc4c(-c5ccccc5)csc43)c3ccccc23)cc1. The van der Waals surface area contributed by atoms with E-state index in [2.05, 4.69) is 145 Å². The van der Waals surface area contributed by atoms with Gasteiger partial charge in [-0.3, -0.25) is 0 Å². The van der Waals surface area contributed by atoms with Crippen LogP contribution in [0.5, 0.6) is 0 Å². The van der Waals surface area contributed by atoms with Crippen LogP contribution in [0.15, 0.2) is 145 Å². The van der Waals surface area contributed by atoms with Crippen LogP contribution in [0.2, 0.25) is 0 Å².